The van der Waals surface area contributed by atoms with E-state index in [0.29, 0.717) is 6.26 Å². The number of hydrogen-bond acceptors (Lipinski definition) is 36. The third-order valence-corrected chi connectivity index (χ3v) is 15.8. The van der Waals surface area contributed by atoms with E-state index in [4.69, 9.17) is 75.2 Å². The first kappa shape index (κ1) is 63.1. The molecule has 0 aromatic carbocycles. The van der Waals surface area contributed by atoms with Crippen LogP contribution in [0.25, 0.3) is 0 Å². The predicted octanol–water partition coefficient (Wildman–Crippen LogP) is -14.2. The molecule has 18 N–H and O–H groups in total. The zero-order chi connectivity index (χ0) is 58.0. The van der Waals surface area contributed by atoms with E-state index in [1.54, 1.807) is 0 Å². The Bertz CT molecular complexity index is 2100. The summed E-state index contributed by atoms with van der Waals surface area (Å²) in [4.78, 5) is 0. The van der Waals surface area contributed by atoms with Gasteiger partial charge in [-0.1, -0.05) is 0 Å². The van der Waals surface area contributed by atoms with Crippen molar-refractivity contribution in [2.75, 3.05) is 52.5 Å². The second kappa shape index (κ2) is 25.9. The summed E-state index contributed by atoms with van der Waals surface area (Å²) < 4.78 is 116. The van der Waals surface area contributed by atoms with Crippen molar-refractivity contribution in [3.05, 3.63) is 0 Å². The molecule has 36 nitrogen and oxygen atoms in total. The van der Waals surface area contributed by atoms with Crippen molar-refractivity contribution in [2.45, 2.75) is 215 Å². The van der Waals surface area contributed by atoms with Gasteiger partial charge in [0, 0.05) is 0 Å². The Kier molecular flexibility index (Phi) is 20.4. The fourth-order valence-corrected chi connectivity index (χ4v) is 11.2. The Morgan fingerprint density at radius 3 is 0.738 bits per heavy atom. The van der Waals surface area contributed by atoms with Crippen LogP contribution in [0.5, 0.6) is 0 Å². The lowest BCUT2D eigenvalue weighted by atomic mass is 9.95. The third kappa shape index (κ3) is 12.6. The van der Waals surface area contributed by atoms with Gasteiger partial charge in [-0.05, 0) is 0 Å². The van der Waals surface area contributed by atoms with E-state index in [-0.39, 0.29) is 0 Å². The molecule has 0 radical (unpaired) electrons. The smallest absolute Gasteiger partial charge is 0.264 e. The quantitative estimate of drug-likeness (QED) is 0.0753. The maximum atomic E-state index is 12.2. The van der Waals surface area contributed by atoms with Crippen LogP contribution in [0.4, 0.5) is 0 Å². The molecule has 0 aromatic rings. The molecule has 0 unspecified atom stereocenters. The van der Waals surface area contributed by atoms with Gasteiger partial charge in [-0.2, -0.15) is 8.42 Å². The first-order valence-electron chi connectivity index (χ1n) is 25.5. The Balaban J connectivity index is 1.00. The molecule has 80 heavy (non-hydrogen) atoms. The number of hydrogen-bond donors (Lipinski definition) is 18. The van der Waals surface area contributed by atoms with E-state index < -0.39 is 271 Å². The molecule has 35 atom stereocenters. The summed E-state index contributed by atoms with van der Waals surface area (Å²) >= 11 is 0. The first-order chi connectivity index (χ1) is 38.0. The predicted molar refractivity (Wildman–Crippen MR) is 239 cm³/mol. The normalized spacial score (nSPS) is 54.3. The summed E-state index contributed by atoms with van der Waals surface area (Å²) in [6.07, 6.45) is -65.6. The number of epoxide rings is 1. The number of aliphatic hydroxyl groups excluding tert-OH is 18. The minimum atomic E-state index is -4.33. The van der Waals surface area contributed by atoms with E-state index in [1.165, 1.54) is 0 Å². The molecule has 0 aliphatic carbocycles. The highest BCUT2D eigenvalue weighted by molar-refractivity contribution is 7.85. The Morgan fingerprint density at radius 2 is 0.475 bits per heavy atom. The number of aliphatic hydroxyl groups is 18. The Labute approximate surface area is 452 Å². The van der Waals surface area contributed by atoms with Crippen LogP contribution < -0.4 is 0 Å². The molecule has 21 saturated heterocycles. The van der Waals surface area contributed by atoms with Gasteiger partial charge in [0.1, 0.15) is 171 Å². The minimum absolute atomic E-state index is 0.640. The largest absolute Gasteiger partial charge is 0.394 e. The minimum Gasteiger partial charge on any atom is -0.394 e. The van der Waals surface area contributed by atoms with Gasteiger partial charge in [-0.15, -0.1) is 0 Å². The summed E-state index contributed by atoms with van der Waals surface area (Å²) in [6.45, 7) is -7.00. The van der Waals surface area contributed by atoms with Gasteiger partial charge >= 0.3 is 0 Å². The van der Waals surface area contributed by atoms with Gasteiger partial charge in [-0.25, -0.2) is 0 Å². The van der Waals surface area contributed by atoms with Gasteiger partial charge in [0.2, 0.25) is 0 Å². The molecular weight excluding hydrogens is 1120 g/mol. The standard InChI is InChI=1S/C43H70O36S/c1-80(62,63)64-8-15-33-21(55)27(61)42(71-15)76-31-11(4-46)67-39(24(58)18(31)52)74-29-9(2-44)65-37(22(56)16(29)50)73-28-10(3-45)66-38(23(57)17(28)51)75-30-12(5-47)69-41(26(60)19(30)53)79-34-14(7-49)70-43(36-35(34)72-36)78-32-13(6-48)68-40(77-33)25(59)20(32)54/h9-61H,2-8H2,1H3/t9-,10-,11-,12-,13-,14-,15-,16-,17-,18+,19-,20-,21-,22-,23-,24+,25-,26-,27-,28-,29-,30-,31-,32-,33-,34-,35+,36+,37-,38-,39-,40-,41-,42-,43-/m1/s1. The molecular formula is C43H70O36S. The van der Waals surface area contributed by atoms with Gasteiger partial charge in [-0.3, -0.25) is 4.18 Å². The second-order valence-corrected chi connectivity index (χ2v) is 22.2. The third-order valence-electron chi connectivity index (χ3n) is 15.2. The highest BCUT2D eigenvalue weighted by atomic mass is 32.2. The Morgan fingerprint density at radius 1 is 0.263 bits per heavy atom. The van der Waals surface area contributed by atoms with E-state index in [2.05, 4.69) is 0 Å². The molecule has 37 heteroatoms. The molecule has 21 rings (SSSR count). The fourth-order valence-electron chi connectivity index (χ4n) is 10.8. The molecule has 14 bridgehead atoms. The molecule has 21 aliphatic heterocycles. The molecule has 21 fully saturated rings. The second-order valence-electron chi connectivity index (χ2n) is 20.5. The van der Waals surface area contributed by atoms with Gasteiger partial charge in [0.15, 0.2) is 44.0 Å². The molecule has 0 aromatic heterocycles. The molecule has 464 valence electrons. The maximum absolute atomic E-state index is 12.2. The Hall–Kier alpha value is -1.41. The van der Waals surface area contributed by atoms with Crippen molar-refractivity contribution in [3.63, 3.8) is 0 Å². The van der Waals surface area contributed by atoms with Crippen molar-refractivity contribution >= 4 is 10.1 Å². The average Bonchev–Trinajstić information content (AvgIpc) is 4.32. The fraction of sp³-hybridized carbons (Fsp3) is 1.00. The van der Waals surface area contributed by atoms with E-state index in [0.717, 1.165) is 0 Å². The summed E-state index contributed by atoms with van der Waals surface area (Å²) in [5.74, 6) is 0. The molecule has 0 spiro atoms. The van der Waals surface area contributed by atoms with Crippen LogP contribution >= 0.6 is 0 Å². The van der Waals surface area contributed by atoms with Gasteiger partial charge in [0.25, 0.3) is 10.1 Å². The summed E-state index contributed by atoms with van der Waals surface area (Å²) in [5, 5.41) is 199. The average molecular weight is 1200 g/mol. The van der Waals surface area contributed by atoms with Gasteiger partial charge in [0.05, 0.1) is 52.5 Å². The van der Waals surface area contributed by atoms with Crippen LogP contribution in [-0.2, 0) is 85.4 Å². The van der Waals surface area contributed by atoms with E-state index in [1.807, 2.05) is 0 Å². The van der Waals surface area contributed by atoms with Crippen LogP contribution in [0.15, 0.2) is 0 Å². The number of rotatable bonds is 9. The van der Waals surface area contributed by atoms with Crippen LogP contribution in [0, 0.1) is 0 Å². The molecule has 0 amide bonds. The van der Waals surface area contributed by atoms with Gasteiger partial charge < -0.3 is 163 Å². The van der Waals surface area contributed by atoms with Crippen LogP contribution in [0.1, 0.15) is 0 Å². The number of ether oxygens (including phenoxy) is 15. The van der Waals surface area contributed by atoms with Crippen molar-refractivity contribution in [1.29, 1.82) is 0 Å². The van der Waals surface area contributed by atoms with Crippen LogP contribution in [0.3, 0.4) is 0 Å². The van der Waals surface area contributed by atoms with Crippen molar-refractivity contribution in [1.82, 2.24) is 0 Å². The zero-order valence-electron chi connectivity index (χ0n) is 42.0. The highest BCUT2D eigenvalue weighted by Gasteiger charge is 2.63. The van der Waals surface area contributed by atoms with E-state index in [9.17, 15) is 100 Å². The first-order valence-corrected chi connectivity index (χ1v) is 27.3. The highest BCUT2D eigenvalue weighted by Crippen LogP contribution is 2.44. The van der Waals surface area contributed by atoms with Crippen molar-refractivity contribution in [2.24, 2.45) is 0 Å². The summed E-state index contributed by atoms with van der Waals surface area (Å²) in [5.41, 5.74) is 0. The molecule has 21 heterocycles. The summed E-state index contributed by atoms with van der Waals surface area (Å²) in [6, 6.07) is 0. The topological polar surface area (TPSA) is 549 Å². The van der Waals surface area contributed by atoms with Crippen molar-refractivity contribution in [3.8, 4) is 0 Å². The molecule has 0 saturated carbocycles. The monoisotopic (exact) mass is 1190 g/mol. The summed E-state index contributed by atoms with van der Waals surface area (Å²) in [7, 11) is -4.33. The lowest BCUT2D eigenvalue weighted by Crippen LogP contribution is -2.68. The zero-order valence-corrected chi connectivity index (χ0v) is 42.8. The lowest BCUT2D eigenvalue weighted by Gasteiger charge is -2.50. The number of fused-ring (bicyclic) bond motifs is 1. The lowest BCUT2D eigenvalue weighted by molar-refractivity contribution is -0.396. The molecule has 21 aliphatic rings. The van der Waals surface area contributed by atoms with Crippen LogP contribution in [0.2, 0.25) is 0 Å². The van der Waals surface area contributed by atoms with E-state index >= 15 is 0 Å². The van der Waals surface area contributed by atoms with Crippen LogP contribution in [-0.4, -0.2) is 368 Å². The van der Waals surface area contributed by atoms with Crippen molar-refractivity contribution < 1.29 is 176 Å². The SMILES string of the molecule is CS(=O)(=O)OC[C@H]1O[C@@H]2O[C@H]3[C@@H](O)[C@H](O)[C@@H](O[C@H]4[C@H](O)[C@@H](O)[C@@H](O[C@H]5[C@H](O)[C@@H](O)[C@@H](O[C@H]6[C@H](O)[C@@H](O)[C@@H](O[C@H]7[C@@H]8O[C@@H]8[C@@H](O[C@H]8[C@H](O)[C@@H](O)[C@@H](O[C@H]1[C@H](O)[C@H]2O)O[C@@H]8CO)O[C@@H]7CO)O[C@@H]6CO)O[C@@H]5CO)O[C@@H]4CO)O[C@@H]3CO. The maximum Gasteiger partial charge on any atom is 0.264 e.